The summed E-state index contributed by atoms with van der Waals surface area (Å²) in [6, 6.07) is 0. The van der Waals surface area contributed by atoms with Gasteiger partial charge in [-0.25, -0.2) is 0 Å². The van der Waals surface area contributed by atoms with Gasteiger partial charge in [-0.15, -0.1) is 0 Å². The van der Waals surface area contributed by atoms with Crippen molar-refractivity contribution in [3.05, 3.63) is 12.8 Å². The molecule has 0 aliphatic rings. The molecular formula is C20H39NO. The second-order valence-corrected chi connectivity index (χ2v) is 6.41. The summed E-state index contributed by atoms with van der Waals surface area (Å²) in [6.07, 6.45) is 18.9. The number of amides is 1. The third kappa shape index (κ3) is 12.9. The molecule has 0 aliphatic carbocycles. The van der Waals surface area contributed by atoms with Gasteiger partial charge in [-0.2, -0.15) is 0 Å². The van der Waals surface area contributed by atoms with E-state index in [-0.39, 0.29) is 5.91 Å². The van der Waals surface area contributed by atoms with E-state index in [4.69, 9.17) is 0 Å². The molecular weight excluding hydrogens is 270 g/mol. The summed E-state index contributed by atoms with van der Waals surface area (Å²) in [5, 5.41) is 0. The van der Waals surface area contributed by atoms with Gasteiger partial charge >= 0.3 is 0 Å². The first-order valence-corrected chi connectivity index (χ1v) is 9.68. The van der Waals surface area contributed by atoms with Gasteiger partial charge in [0.2, 0.25) is 5.91 Å². The quantitative estimate of drug-likeness (QED) is 0.300. The molecule has 0 fully saturated rings. The predicted molar refractivity (Wildman–Crippen MR) is 97.9 cm³/mol. The highest BCUT2D eigenvalue weighted by atomic mass is 16.2. The zero-order chi connectivity index (χ0) is 16.5. The minimum absolute atomic E-state index is 0.259. The lowest BCUT2D eigenvalue weighted by Gasteiger charge is -2.17. The van der Waals surface area contributed by atoms with Crippen molar-refractivity contribution in [1.29, 1.82) is 0 Å². The van der Waals surface area contributed by atoms with Crippen molar-refractivity contribution < 1.29 is 4.79 Å². The molecule has 0 aliphatic heterocycles. The number of nitrogens with zero attached hydrogens (tertiary/aromatic N) is 1. The van der Waals surface area contributed by atoms with Crippen LogP contribution >= 0.6 is 0 Å². The van der Waals surface area contributed by atoms with Gasteiger partial charge in [-0.05, 0) is 19.0 Å². The van der Waals surface area contributed by atoms with Gasteiger partial charge in [0.15, 0.2) is 0 Å². The van der Waals surface area contributed by atoms with Gasteiger partial charge in [0, 0.05) is 13.0 Å². The summed E-state index contributed by atoms with van der Waals surface area (Å²) in [5.74, 6) is 0.259. The molecule has 2 nitrogen and oxygen atoms in total. The molecule has 0 atom stereocenters. The smallest absolute Gasteiger partial charge is 0.226 e. The molecule has 130 valence electrons. The second-order valence-electron chi connectivity index (χ2n) is 6.41. The Morgan fingerprint density at radius 2 is 1.23 bits per heavy atom. The molecule has 0 heterocycles. The number of unbranched alkanes of at least 4 members (excludes halogenated alkanes) is 11. The van der Waals surface area contributed by atoms with E-state index in [1.807, 2.05) is 4.90 Å². The molecule has 0 N–H and O–H groups in total. The van der Waals surface area contributed by atoms with E-state index in [1.54, 1.807) is 6.20 Å². The molecule has 0 aromatic heterocycles. The van der Waals surface area contributed by atoms with Crippen molar-refractivity contribution in [1.82, 2.24) is 4.90 Å². The van der Waals surface area contributed by atoms with Crippen LogP contribution in [0, 0.1) is 0 Å². The topological polar surface area (TPSA) is 20.3 Å². The number of rotatable bonds is 16. The van der Waals surface area contributed by atoms with Crippen LogP contribution in [-0.4, -0.2) is 17.4 Å². The third-order valence-electron chi connectivity index (χ3n) is 4.29. The fourth-order valence-corrected chi connectivity index (χ4v) is 2.76. The Kier molecular flexibility index (Phi) is 16.0. The highest BCUT2D eigenvalue weighted by Crippen LogP contribution is 2.11. The fourth-order valence-electron chi connectivity index (χ4n) is 2.76. The molecule has 0 aromatic carbocycles. The molecule has 2 heteroatoms. The van der Waals surface area contributed by atoms with Crippen LogP contribution in [0.5, 0.6) is 0 Å². The average molecular weight is 310 g/mol. The van der Waals surface area contributed by atoms with Crippen LogP contribution in [-0.2, 0) is 4.79 Å². The Balaban J connectivity index is 3.50. The van der Waals surface area contributed by atoms with Crippen LogP contribution in [0.4, 0.5) is 0 Å². The van der Waals surface area contributed by atoms with Gasteiger partial charge < -0.3 is 4.90 Å². The van der Waals surface area contributed by atoms with E-state index < -0.39 is 0 Å². The molecule has 0 saturated carbocycles. The summed E-state index contributed by atoms with van der Waals surface area (Å²) in [6.45, 7) is 9.09. The van der Waals surface area contributed by atoms with Crippen molar-refractivity contribution in [2.75, 3.05) is 6.54 Å². The SMILES string of the molecule is C=CN(CCCCCC)C(=O)CCCCCCCCCCC. The zero-order valence-corrected chi connectivity index (χ0v) is 15.2. The molecule has 0 radical (unpaired) electrons. The van der Waals surface area contributed by atoms with E-state index in [2.05, 4.69) is 20.4 Å². The van der Waals surface area contributed by atoms with Crippen molar-refractivity contribution in [3.63, 3.8) is 0 Å². The first-order chi connectivity index (χ1) is 10.8. The largest absolute Gasteiger partial charge is 0.320 e. The number of hydrogen-bond donors (Lipinski definition) is 0. The van der Waals surface area contributed by atoms with Gasteiger partial charge in [-0.3, -0.25) is 4.79 Å². The molecule has 1 amide bonds. The first kappa shape index (κ1) is 21.2. The van der Waals surface area contributed by atoms with Crippen LogP contribution < -0.4 is 0 Å². The summed E-state index contributed by atoms with van der Waals surface area (Å²) in [4.78, 5) is 13.9. The lowest BCUT2D eigenvalue weighted by molar-refractivity contribution is -0.128. The summed E-state index contributed by atoms with van der Waals surface area (Å²) in [7, 11) is 0. The summed E-state index contributed by atoms with van der Waals surface area (Å²) < 4.78 is 0. The molecule has 0 spiro atoms. The first-order valence-electron chi connectivity index (χ1n) is 9.68. The van der Waals surface area contributed by atoms with E-state index in [0.717, 1.165) is 19.4 Å². The Bertz CT molecular complexity index is 262. The standard InChI is InChI=1S/C20H39NO/c1-4-7-9-11-12-13-14-15-16-18-20(22)21(6-3)19-17-10-8-5-2/h6H,3-5,7-19H2,1-2H3. The van der Waals surface area contributed by atoms with Gasteiger partial charge in [0.25, 0.3) is 0 Å². The van der Waals surface area contributed by atoms with E-state index in [1.165, 1.54) is 70.6 Å². The second kappa shape index (κ2) is 16.6. The minimum atomic E-state index is 0.259. The highest BCUT2D eigenvalue weighted by molar-refractivity contribution is 5.77. The molecule has 0 unspecified atom stereocenters. The number of carbonyl (C=O) groups is 1. The predicted octanol–water partition coefficient (Wildman–Crippen LogP) is 6.46. The zero-order valence-electron chi connectivity index (χ0n) is 15.2. The van der Waals surface area contributed by atoms with Crippen LogP contribution in [0.3, 0.4) is 0 Å². The maximum atomic E-state index is 12.1. The lowest BCUT2D eigenvalue weighted by Crippen LogP contribution is -2.26. The van der Waals surface area contributed by atoms with Crippen LogP contribution in [0.15, 0.2) is 12.8 Å². The monoisotopic (exact) mass is 309 g/mol. The molecule has 22 heavy (non-hydrogen) atoms. The Morgan fingerprint density at radius 3 is 1.73 bits per heavy atom. The molecule has 0 aromatic rings. The van der Waals surface area contributed by atoms with Gasteiger partial charge in [-0.1, -0.05) is 91.1 Å². The van der Waals surface area contributed by atoms with Gasteiger partial charge in [0.1, 0.15) is 0 Å². The summed E-state index contributed by atoms with van der Waals surface area (Å²) in [5.41, 5.74) is 0. The summed E-state index contributed by atoms with van der Waals surface area (Å²) >= 11 is 0. The van der Waals surface area contributed by atoms with Crippen molar-refractivity contribution in [2.24, 2.45) is 0 Å². The number of hydrogen-bond acceptors (Lipinski definition) is 1. The maximum Gasteiger partial charge on any atom is 0.226 e. The van der Waals surface area contributed by atoms with Crippen molar-refractivity contribution in [3.8, 4) is 0 Å². The lowest BCUT2D eigenvalue weighted by atomic mass is 10.1. The number of carbonyl (C=O) groups excluding carboxylic acids is 1. The van der Waals surface area contributed by atoms with Crippen LogP contribution in [0.2, 0.25) is 0 Å². The average Bonchev–Trinajstić information content (AvgIpc) is 2.53. The molecule has 0 bridgehead atoms. The molecule has 0 rings (SSSR count). The minimum Gasteiger partial charge on any atom is -0.320 e. The van der Waals surface area contributed by atoms with E-state index in [9.17, 15) is 4.79 Å². The Hall–Kier alpha value is -0.790. The van der Waals surface area contributed by atoms with Crippen molar-refractivity contribution >= 4 is 5.91 Å². The third-order valence-corrected chi connectivity index (χ3v) is 4.29. The highest BCUT2D eigenvalue weighted by Gasteiger charge is 2.09. The van der Waals surface area contributed by atoms with Crippen LogP contribution in [0.25, 0.3) is 0 Å². The fraction of sp³-hybridized carbons (Fsp3) is 0.850. The van der Waals surface area contributed by atoms with E-state index in [0.29, 0.717) is 6.42 Å². The molecule has 0 saturated heterocycles. The Labute approximate surface area is 139 Å². The maximum absolute atomic E-state index is 12.1. The Morgan fingerprint density at radius 1 is 0.773 bits per heavy atom. The van der Waals surface area contributed by atoms with Crippen molar-refractivity contribution in [2.45, 2.75) is 104 Å². The van der Waals surface area contributed by atoms with Gasteiger partial charge in [0.05, 0.1) is 0 Å². The van der Waals surface area contributed by atoms with Crippen LogP contribution in [0.1, 0.15) is 104 Å². The normalized spacial score (nSPS) is 10.6. The van der Waals surface area contributed by atoms with E-state index >= 15 is 0 Å².